The molecule has 0 amide bonds. The maximum absolute atomic E-state index is 12.3. The zero-order chi connectivity index (χ0) is 10.8. The zero-order valence-corrected chi connectivity index (χ0v) is 8.77. The molecule has 14 heavy (non-hydrogen) atoms. The molecule has 0 radical (unpaired) electrons. The smallest absolute Gasteiger partial charge is 0.306 e. The number of pyridine rings is 1. The molecular formula is C7H7ClFNO3S. The molecule has 0 aromatic carbocycles. The first-order valence-electron chi connectivity index (χ1n) is 3.53. The summed E-state index contributed by atoms with van der Waals surface area (Å²) >= 11 is 5.61. The van der Waals surface area contributed by atoms with E-state index in [0.29, 0.717) is 0 Å². The van der Waals surface area contributed by atoms with Crippen LogP contribution in [-0.4, -0.2) is 20.5 Å². The molecule has 4 nitrogen and oxygen atoms in total. The number of ether oxygens (including phenoxy) is 1. The molecule has 0 spiro atoms. The average Bonchev–Trinajstić information content (AvgIpc) is 2.06. The molecule has 0 N–H and O–H groups in total. The molecule has 0 bridgehead atoms. The van der Waals surface area contributed by atoms with Crippen molar-refractivity contribution in [2.75, 3.05) is 7.11 Å². The highest BCUT2D eigenvalue weighted by molar-refractivity contribution is 7.85. The van der Waals surface area contributed by atoms with Gasteiger partial charge in [-0.05, 0) is 5.56 Å². The van der Waals surface area contributed by atoms with E-state index < -0.39 is 16.0 Å². The van der Waals surface area contributed by atoms with Crippen molar-refractivity contribution < 1.29 is 17.0 Å². The normalized spacial score (nSPS) is 11.4. The maximum Gasteiger partial charge on any atom is 0.306 e. The van der Waals surface area contributed by atoms with Crippen LogP contribution in [0.1, 0.15) is 5.56 Å². The summed E-state index contributed by atoms with van der Waals surface area (Å²) in [5.74, 6) is -0.585. The number of rotatable bonds is 3. The molecule has 0 aliphatic carbocycles. The van der Waals surface area contributed by atoms with E-state index in [1.807, 2.05) is 0 Å². The van der Waals surface area contributed by atoms with E-state index in [4.69, 9.17) is 16.3 Å². The molecule has 0 aliphatic heterocycles. The molecule has 0 aliphatic rings. The minimum atomic E-state index is -4.59. The molecule has 1 rings (SSSR count). The summed E-state index contributed by atoms with van der Waals surface area (Å²) in [7, 11) is -3.23. The third-order valence-corrected chi connectivity index (χ3v) is 2.44. The first-order chi connectivity index (χ1) is 6.42. The van der Waals surface area contributed by atoms with Gasteiger partial charge in [0, 0.05) is 12.3 Å². The second-order valence-corrected chi connectivity index (χ2v) is 4.27. The van der Waals surface area contributed by atoms with E-state index in [9.17, 15) is 12.3 Å². The first kappa shape index (κ1) is 11.2. The topological polar surface area (TPSA) is 56.3 Å². The third-order valence-electron chi connectivity index (χ3n) is 1.45. The summed E-state index contributed by atoms with van der Waals surface area (Å²) in [5.41, 5.74) is 0.126. The Bertz CT molecular complexity index is 435. The van der Waals surface area contributed by atoms with Crippen LogP contribution in [0.15, 0.2) is 12.3 Å². The highest BCUT2D eigenvalue weighted by atomic mass is 35.5. The van der Waals surface area contributed by atoms with Crippen molar-refractivity contribution in [1.82, 2.24) is 4.98 Å². The Kier molecular flexibility index (Phi) is 3.28. The Labute approximate surface area is 85.9 Å². The van der Waals surface area contributed by atoms with Crippen LogP contribution in [0.4, 0.5) is 3.89 Å². The van der Waals surface area contributed by atoms with Gasteiger partial charge in [0.1, 0.15) is 5.75 Å². The van der Waals surface area contributed by atoms with E-state index in [2.05, 4.69) is 4.98 Å². The fourth-order valence-electron chi connectivity index (χ4n) is 0.866. The number of aromatic nitrogens is 1. The highest BCUT2D eigenvalue weighted by Crippen LogP contribution is 2.21. The van der Waals surface area contributed by atoms with E-state index in [0.717, 1.165) is 0 Å². The number of hydrogen-bond acceptors (Lipinski definition) is 4. The van der Waals surface area contributed by atoms with Gasteiger partial charge in [-0.3, -0.25) is 0 Å². The van der Waals surface area contributed by atoms with Gasteiger partial charge in [0.05, 0.1) is 12.1 Å². The minimum absolute atomic E-state index is 0.0898. The van der Waals surface area contributed by atoms with Gasteiger partial charge in [0.15, 0.2) is 0 Å². The summed E-state index contributed by atoms with van der Waals surface area (Å²) in [5, 5.41) is 0.0898. The number of hydrogen-bond donors (Lipinski definition) is 0. The Morgan fingerprint density at radius 3 is 2.79 bits per heavy atom. The van der Waals surface area contributed by atoms with E-state index >= 15 is 0 Å². The van der Waals surface area contributed by atoms with Crippen molar-refractivity contribution in [3.05, 3.63) is 22.8 Å². The van der Waals surface area contributed by atoms with Gasteiger partial charge in [0.25, 0.3) is 0 Å². The number of methoxy groups -OCH3 is 1. The van der Waals surface area contributed by atoms with Gasteiger partial charge < -0.3 is 4.74 Å². The van der Waals surface area contributed by atoms with Crippen LogP contribution in [0.25, 0.3) is 0 Å². The predicted octanol–water partition coefficient (Wildman–Crippen LogP) is 1.54. The minimum Gasteiger partial charge on any atom is -0.481 e. The van der Waals surface area contributed by atoms with Gasteiger partial charge in [-0.15, -0.1) is 3.89 Å². The second kappa shape index (κ2) is 4.10. The molecule has 0 saturated heterocycles. The van der Waals surface area contributed by atoms with Gasteiger partial charge in [0.2, 0.25) is 5.88 Å². The molecule has 78 valence electrons. The molecule has 7 heteroatoms. The Balaban J connectivity index is 3.07. The Hall–Kier alpha value is -0.880. The molecular weight excluding hydrogens is 233 g/mol. The van der Waals surface area contributed by atoms with Gasteiger partial charge in [-0.25, -0.2) is 4.98 Å². The van der Waals surface area contributed by atoms with Crippen molar-refractivity contribution in [2.24, 2.45) is 0 Å². The van der Waals surface area contributed by atoms with Crippen LogP contribution in [-0.2, 0) is 16.0 Å². The van der Waals surface area contributed by atoms with Crippen molar-refractivity contribution in [1.29, 1.82) is 0 Å². The lowest BCUT2D eigenvalue weighted by atomic mass is 10.3. The van der Waals surface area contributed by atoms with Crippen molar-refractivity contribution in [3.8, 4) is 5.88 Å². The van der Waals surface area contributed by atoms with Crippen LogP contribution in [0, 0.1) is 0 Å². The van der Waals surface area contributed by atoms with Crippen molar-refractivity contribution in [3.63, 3.8) is 0 Å². The second-order valence-electron chi connectivity index (χ2n) is 2.50. The SMILES string of the molecule is COc1cc(CS(=O)(=O)F)c(Cl)cn1. The van der Waals surface area contributed by atoms with Crippen molar-refractivity contribution in [2.45, 2.75) is 5.75 Å². The summed E-state index contributed by atoms with van der Waals surface area (Å²) in [6.45, 7) is 0. The summed E-state index contributed by atoms with van der Waals surface area (Å²) in [6, 6.07) is 1.28. The Morgan fingerprint density at radius 1 is 1.64 bits per heavy atom. The predicted molar refractivity (Wildman–Crippen MR) is 49.5 cm³/mol. The molecule has 1 aromatic rings. The lowest BCUT2D eigenvalue weighted by molar-refractivity contribution is 0.397. The van der Waals surface area contributed by atoms with Crippen LogP contribution in [0.5, 0.6) is 5.88 Å². The first-order valence-corrected chi connectivity index (χ1v) is 5.46. The summed E-state index contributed by atoms with van der Waals surface area (Å²) in [4.78, 5) is 3.72. The molecule has 0 atom stereocenters. The molecule has 0 saturated carbocycles. The van der Waals surface area contributed by atoms with Crippen LogP contribution >= 0.6 is 11.6 Å². The number of halogens is 2. The molecule has 1 aromatic heterocycles. The van der Waals surface area contributed by atoms with Crippen LogP contribution in [0.3, 0.4) is 0 Å². The van der Waals surface area contributed by atoms with Gasteiger partial charge >= 0.3 is 10.2 Å². The molecule has 0 unspecified atom stereocenters. The van der Waals surface area contributed by atoms with Gasteiger partial charge in [-0.1, -0.05) is 11.6 Å². The standard InChI is InChI=1S/C7H7ClFNO3S/c1-13-7-2-5(4-14(9,11)12)6(8)3-10-7/h2-3H,4H2,1H3. The number of nitrogens with zero attached hydrogens (tertiary/aromatic N) is 1. The lowest BCUT2D eigenvalue weighted by Crippen LogP contribution is -1.98. The van der Waals surface area contributed by atoms with Crippen LogP contribution < -0.4 is 4.74 Å². The van der Waals surface area contributed by atoms with E-state index in [1.165, 1.54) is 19.4 Å². The summed E-state index contributed by atoms with van der Waals surface area (Å²) in [6.07, 6.45) is 1.21. The fraction of sp³-hybridized carbons (Fsp3) is 0.286. The molecule has 0 fully saturated rings. The third kappa shape index (κ3) is 3.12. The van der Waals surface area contributed by atoms with Crippen molar-refractivity contribution >= 4 is 21.8 Å². The zero-order valence-electron chi connectivity index (χ0n) is 7.20. The van der Waals surface area contributed by atoms with E-state index in [1.54, 1.807) is 0 Å². The fourth-order valence-corrected chi connectivity index (χ4v) is 1.73. The average molecular weight is 240 g/mol. The van der Waals surface area contributed by atoms with Crippen LogP contribution in [0.2, 0.25) is 5.02 Å². The quantitative estimate of drug-likeness (QED) is 0.751. The highest BCUT2D eigenvalue weighted by Gasteiger charge is 2.13. The summed E-state index contributed by atoms with van der Waals surface area (Å²) < 4.78 is 37.8. The largest absolute Gasteiger partial charge is 0.481 e. The van der Waals surface area contributed by atoms with E-state index in [-0.39, 0.29) is 16.5 Å². The maximum atomic E-state index is 12.3. The monoisotopic (exact) mass is 239 g/mol. The molecule has 1 heterocycles. The lowest BCUT2D eigenvalue weighted by Gasteiger charge is -2.03. The Morgan fingerprint density at radius 2 is 2.29 bits per heavy atom. The van der Waals surface area contributed by atoms with Gasteiger partial charge in [-0.2, -0.15) is 8.42 Å².